The summed E-state index contributed by atoms with van der Waals surface area (Å²) in [4.78, 5) is 18.2. The van der Waals surface area contributed by atoms with E-state index < -0.39 is 0 Å². The molecule has 0 unspecified atom stereocenters. The van der Waals surface area contributed by atoms with Crippen LogP contribution in [0.2, 0.25) is 0 Å². The summed E-state index contributed by atoms with van der Waals surface area (Å²) in [5, 5.41) is 0. The van der Waals surface area contributed by atoms with Crippen molar-refractivity contribution in [2.75, 3.05) is 13.7 Å². The molecule has 1 fully saturated rings. The molecule has 1 aliphatic rings. The Morgan fingerprint density at radius 1 is 1.47 bits per heavy atom. The number of methoxy groups -OCH3 is 1. The molecule has 0 aromatic carbocycles. The molecule has 4 heteroatoms. The summed E-state index contributed by atoms with van der Waals surface area (Å²) in [7, 11) is 1.38. The van der Waals surface area contributed by atoms with Crippen molar-refractivity contribution in [2.24, 2.45) is 0 Å². The summed E-state index contributed by atoms with van der Waals surface area (Å²) < 4.78 is 4.67. The molecule has 19 heavy (non-hydrogen) atoms. The molecular formula is C15H22N2O2. The number of carbonyl (C=O) groups is 1. The van der Waals surface area contributed by atoms with Gasteiger partial charge in [-0.2, -0.15) is 0 Å². The van der Waals surface area contributed by atoms with Gasteiger partial charge in [0.25, 0.3) is 0 Å². The van der Waals surface area contributed by atoms with Gasteiger partial charge in [-0.3, -0.25) is 9.88 Å². The van der Waals surface area contributed by atoms with Gasteiger partial charge in [-0.25, -0.2) is 4.79 Å². The molecule has 0 bridgehead atoms. The summed E-state index contributed by atoms with van der Waals surface area (Å²) in [5.41, 5.74) is 1.54. The van der Waals surface area contributed by atoms with E-state index in [1.165, 1.54) is 32.8 Å². The zero-order valence-electron chi connectivity index (χ0n) is 11.8. The molecule has 1 aromatic rings. The minimum atomic E-state index is -0.330. The van der Waals surface area contributed by atoms with Crippen LogP contribution in [0.15, 0.2) is 18.3 Å². The van der Waals surface area contributed by atoms with Gasteiger partial charge < -0.3 is 4.74 Å². The summed E-state index contributed by atoms with van der Waals surface area (Å²) in [5.74, 6) is -0.330. The molecule has 0 spiro atoms. The highest BCUT2D eigenvalue weighted by Gasteiger charge is 2.28. The average molecular weight is 262 g/mol. The van der Waals surface area contributed by atoms with E-state index in [1.54, 1.807) is 12.3 Å². The Balaban J connectivity index is 1.95. The van der Waals surface area contributed by atoms with Crippen LogP contribution >= 0.6 is 0 Å². The summed E-state index contributed by atoms with van der Waals surface area (Å²) in [6.07, 6.45) is 6.68. The maximum absolute atomic E-state index is 11.3. The van der Waals surface area contributed by atoms with Gasteiger partial charge in [-0.1, -0.05) is 13.3 Å². The first-order chi connectivity index (χ1) is 9.24. The van der Waals surface area contributed by atoms with E-state index in [4.69, 9.17) is 0 Å². The number of unbranched alkanes of at least 4 members (excludes halogenated alkanes) is 1. The molecule has 1 heterocycles. The lowest BCUT2D eigenvalue weighted by Gasteiger charge is -2.21. The van der Waals surface area contributed by atoms with Gasteiger partial charge in [0.05, 0.1) is 18.4 Å². The predicted octanol–water partition coefficient (Wildman–Crippen LogP) is 2.63. The monoisotopic (exact) mass is 262 g/mol. The summed E-state index contributed by atoms with van der Waals surface area (Å²) >= 11 is 0. The van der Waals surface area contributed by atoms with Crippen molar-refractivity contribution in [3.63, 3.8) is 0 Å². The molecule has 0 atom stereocenters. The number of carbonyl (C=O) groups excluding carboxylic acids is 1. The van der Waals surface area contributed by atoms with E-state index in [0.717, 1.165) is 24.8 Å². The van der Waals surface area contributed by atoms with Crippen LogP contribution in [-0.2, 0) is 11.3 Å². The van der Waals surface area contributed by atoms with Gasteiger partial charge in [0.15, 0.2) is 0 Å². The topological polar surface area (TPSA) is 42.4 Å². The van der Waals surface area contributed by atoms with Crippen molar-refractivity contribution >= 4 is 5.97 Å². The van der Waals surface area contributed by atoms with Crippen LogP contribution in [0.1, 0.15) is 48.7 Å². The van der Waals surface area contributed by atoms with Crippen LogP contribution in [0.5, 0.6) is 0 Å². The third-order valence-electron chi connectivity index (χ3n) is 3.47. The number of aromatic nitrogens is 1. The predicted molar refractivity (Wildman–Crippen MR) is 73.9 cm³/mol. The Bertz CT molecular complexity index is 413. The molecule has 0 amide bonds. The minimum Gasteiger partial charge on any atom is -0.465 e. The third-order valence-corrected chi connectivity index (χ3v) is 3.47. The lowest BCUT2D eigenvalue weighted by molar-refractivity contribution is 0.0600. The van der Waals surface area contributed by atoms with Crippen molar-refractivity contribution in [3.8, 4) is 0 Å². The lowest BCUT2D eigenvalue weighted by atomic mass is 10.2. The van der Waals surface area contributed by atoms with Crippen LogP contribution in [-0.4, -0.2) is 35.5 Å². The third kappa shape index (κ3) is 4.03. The van der Waals surface area contributed by atoms with E-state index >= 15 is 0 Å². The van der Waals surface area contributed by atoms with Gasteiger partial charge in [-0.05, 0) is 37.9 Å². The van der Waals surface area contributed by atoms with Crippen molar-refractivity contribution in [3.05, 3.63) is 29.6 Å². The fraction of sp³-hybridized carbons (Fsp3) is 0.600. The minimum absolute atomic E-state index is 0.330. The number of ether oxygens (including phenoxy) is 1. The molecule has 4 nitrogen and oxygen atoms in total. The van der Waals surface area contributed by atoms with E-state index in [1.807, 2.05) is 6.07 Å². The first kappa shape index (κ1) is 14.0. The van der Waals surface area contributed by atoms with E-state index in [2.05, 4.69) is 21.5 Å². The van der Waals surface area contributed by atoms with Crippen LogP contribution < -0.4 is 0 Å². The first-order valence-electron chi connectivity index (χ1n) is 7.02. The van der Waals surface area contributed by atoms with Crippen molar-refractivity contribution < 1.29 is 9.53 Å². The van der Waals surface area contributed by atoms with E-state index in [0.29, 0.717) is 5.56 Å². The number of hydrogen-bond acceptors (Lipinski definition) is 4. The molecule has 0 N–H and O–H groups in total. The van der Waals surface area contributed by atoms with Gasteiger partial charge in [-0.15, -0.1) is 0 Å². The Kier molecular flexibility index (Phi) is 4.91. The smallest absolute Gasteiger partial charge is 0.339 e. The van der Waals surface area contributed by atoms with E-state index in [-0.39, 0.29) is 5.97 Å². The van der Waals surface area contributed by atoms with Gasteiger partial charge in [0.1, 0.15) is 0 Å². The molecule has 0 radical (unpaired) electrons. The van der Waals surface area contributed by atoms with Crippen LogP contribution in [0.3, 0.4) is 0 Å². The maximum Gasteiger partial charge on any atom is 0.339 e. The van der Waals surface area contributed by atoms with Crippen LogP contribution in [0, 0.1) is 0 Å². The summed E-state index contributed by atoms with van der Waals surface area (Å²) in [6, 6.07) is 4.46. The van der Waals surface area contributed by atoms with Gasteiger partial charge >= 0.3 is 5.97 Å². The Labute approximate surface area is 114 Å². The second-order valence-corrected chi connectivity index (χ2v) is 5.08. The highest BCUT2D eigenvalue weighted by Crippen LogP contribution is 2.28. The second-order valence-electron chi connectivity index (χ2n) is 5.08. The Morgan fingerprint density at radius 3 is 2.79 bits per heavy atom. The van der Waals surface area contributed by atoms with Crippen molar-refractivity contribution in [1.82, 2.24) is 9.88 Å². The fourth-order valence-corrected chi connectivity index (χ4v) is 2.16. The fourth-order valence-electron chi connectivity index (χ4n) is 2.16. The van der Waals surface area contributed by atoms with Crippen molar-refractivity contribution in [2.45, 2.75) is 45.2 Å². The number of esters is 1. The molecule has 1 aromatic heterocycles. The normalized spacial score (nSPS) is 14.7. The maximum atomic E-state index is 11.3. The largest absolute Gasteiger partial charge is 0.465 e. The standard InChI is InChI=1S/C15H22N2O2/c1-3-4-9-17(14-7-8-14)11-13-6-5-12(10-16-13)15(18)19-2/h5-6,10,14H,3-4,7-9,11H2,1-2H3. The highest BCUT2D eigenvalue weighted by atomic mass is 16.5. The number of pyridine rings is 1. The molecule has 0 saturated heterocycles. The Morgan fingerprint density at radius 2 is 2.26 bits per heavy atom. The highest BCUT2D eigenvalue weighted by molar-refractivity contribution is 5.88. The Hall–Kier alpha value is -1.42. The number of rotatable bonds is 7. The SMILES string of the molecule is CCCCN(Cc1ccc(C(=O)OC)cn1)C1CC1. The molecule has 1 aliphatic carbocycles. The quantitative estimate of drug-likeness (QED) is 0.708. The van der Waals surface area contributed by atoms with Gasteiger partial charge in [0.2, 0.25) is 0 Å². The van der Waals surface area contributed by atoms with Crippen LogP contribution in [0.4, 0.5) is 0 Å². The first-order valence-corrected chi connectivity index (χ1v) is 7.02. The molecule has 1 saturated carbocycles. The summed E-state index contributed by atoms with van der Waals surface area (Å²) in [6.45, 7) is 4.24. The number of hydrogen-bond donors (Lipinski definition) is 0. The van der Waals surface area contributed by atoms with Gasteiger partial charge in [0, 0.05) is 18.8 Å². The number of nitrogens with zero attached hydrogens (tertiary/aromatic N) is 2. The molecular weight excluding hydrogens is 240 g/mol. The zero-order valence-corrected chi connectivity index (χ0v) is 11.8. The average Bonchev–Trinajstić information content (AvgIpc) is 3.28. The second kappa shape index (κ2) is 6.66. The van der Waals surface area contributed by atoms with Crippen LogP contribution in [0.25, 0.3) is 0 Å². The lowest BCUT2D eigenvalue weighted by Crippen LogP contribution is -2.27. The molecule has 0 aliphatic heterocycles. The zero-order chi connectivity index (χ0) is 13.7. The van der Waals surface area contributed by atoms with E-state index in [9.17, 15) is 4.79 Å². The molecule has 2 rings (SSSR count). The van der Waals surface area contributed by atoms with Crippen molar-refractivity contribution in [1.29, 1.82) is 0 Å². The molecule has 104 valence electrons.